The smallest absolute Gasteiger partial charge is 0.248 e. The summed E-state index contributed by atoms with van der Waals surface area (Å²) in [7, 11) is 0. The van der Waals surface area contributed by atoms with Crippen molar-refractivity contribution in [2.75, 3.05) is 11.9 Å². The summed E-state index contributed by atoms with van der Waals surface area (Å²) in [5, 5.41) is 6.76. The van der Waals surface area contributed by atoms with Crippen LogP contribution in [0, 0.1) is 12.3 Å². The molecule has 0 aliphatic heterocycles. The van der Waals surface area contributed by atoms with E-state index in [0.29, 0.717) is 19.4 Å². The van der Waals surface area contributed by atoms with E-state index in [1.54, 1.807) is 0 Å². The number of rotatable bonds is 9. The summed E-state index contributed by atoms with van der Waals surface area (Å²) in [6, 6.07) is 12.2. The van der Waals surface area contributed by atoms with Gasteiger partial charge < -0.3 is 10.6 Å². The largest absolute Gasteiger partial charge is 0.381 e. The molecular formula is C34H43F2N3. The minimum Gasteiger partial charge on any atom is -0.381 e. The first kappa shape index (κ1) is 30.1. The number of alkyl halides is 2. The summed E-state index contributed by atoms with van der Waals surface area (Å²) in [6.07, 6.45) is 8.34. The number of allylic oxidation sites excluding steroid dienone is 4. The molecule has 2 aliphatic rings. The number of halogens is 2. The van der Waals surface area contributed by atoms with Crippen LogP contribution in [0.15, 0.2) is 91.2 Å². The van der Waals surface area contributed by atoms with Crippen LogP contribution in [0.4, 0.5) is 14.6 Å². The number of aromatic nitrogens is 1. The van der Waals surface area contributed by atoms with E-state index in [0.717, 1.165) is 63.6 Å². The van der Waals surface area contributed by atoms with Crippen molar-refractivity contribution < 1.29 is 8.78 Å². The van der Waals surface area contributed by atoms with Crippen LogP contribution in [0.25, 0.3) is 17.0 Å². The number of aryl methyl sites for hydroxylation is 1. The lowest BCUT2D eigenvalue weighted by Crippen LogP contribution is -2.15. The maximum Gasteiger partial charge on any atom is 0.248 e. The SMILES string of the molecule is C=C(C)CNC(=C)c1cccc(-c2nc(NC(=C)C3(C4=C/CCC(F)(F)CC/C=C\4)CC3)ccc2C)c1.CC. The van der Waals surface area contributed by atoms with Crippen LogP contribution >= 0.6 is 0 Å². The molecule has 0 radical (unpaired) electrons. The Morgan fingerprint density at radius 3 is 2.41 bits per heavy atom. The molecule has 4 rings (SSSR count). The summed E-state index contributed by atoms with van der Waals surface area (Å²) in [5.74, 6) is -1.88. The molecule has 5 heteroatoms. The lowest BCUT2D eigenvalue weighted by atomic mass is 9.90. The third-order valence-electron chi connectivity index (χ3n) is 7.19. The van der Waals surface area contributed by atoms with Crippen LogP contribution in [0.5, 0.6) is 0 Å². The standard InChI is InChI=1S/C32H37F2N3.C2H6/c1-22(2)21-35-24(4)26-10-8-11-27(20-26)30-23(3)14-15-29(37-30)36-25(5)31(18-19-31)28-12-6-7-16-32(33,34)17-9-13-28;1-2/h6,8,10-15,20,35H,1,4-5,7,9,16-19,21H2,2-3H3,(H,36,37);1-2H3/b12-6-,28-13+;. The van der Waals surface area contributed by atoms with Crippen molar-refractivity contribution in [2.24, 2.45) is 5.41 Å². The minimum absolute atomic E-state index is 0.0919. The average Bonchev–Trinajstić information content (AvgIpc) is 3.72. The second-order valence-corrected chi connectivity index (χ2v) is 10.4. The number of benzene rings is 1. The van der Waals surface area contributed by atoms with Gasteiger partial charge in [-0.1, -0.05) is 81.7 Å². The first-order valence-electron chi connectivity index (χ1n) is 14.0. The molecule has 1 saturated carbocycles. The van der Waals surface area contributed by atoms with Crippen LogP contribution in [-0.4, -0.2) is 17.5 Å². The molecule has 1 aromatic heterocycles. The van der Waals surface area contributed by atoms with Gasteiger partial charge in [0.15, 0.2) is 0 Å². The molecule has 0 unspecified atom stereocenters. The summed E-state index contributed by atoms with van der Waals surface area (Å²) in [6.45, 7) is 21.2. The van der Waals surface area contributed by atoms with E-state index < -0.39 is 5.92 Å². The highest BCUT2D eigenvalue weighted by molar-refractivity contribution is 5.72. The molecule has 1 fully saturated rings. The summed E-state index contributed by atoms with van der Waals surface area (Å²) >= 11 is 0. The third-order valence-corrected chi connectivity index (χ3v) is 7.19. The molecule has 39 heavy (non-hydrogen) atoms. The highest BCUT2D eigenvalue weighted by Gasteiger charge is 2.48. The maximum absolute atomic E-state index is 13.9. The Kier molecular flexibility index (Phi) is 10.1. The molecule has 0 saturated heterocycles. The molecule has 208 valence electrons. The molecule has 2 aromatic rings. The van der Waals surface area contributed by atoms with Gasteiger partial charge in [-0.3, -0.25) is 0 Å². The molecule has 2 N–H and O–H groups in total. The Bertz CT molecular complexity index is 1260. The first-order chi connectivity index (χ1) is 18.6. The van der Waals surface area contributed by atoms with Crippen molar-refractivity contribution >= 4 is 11.5 Å². The van der Waals surface area contributed by atoms with Gasteiger partial charge in [-0.2, -0.15) is 0 Å². The van der Waals surface area contributed by atoms with Crippen molar-refractivity contribution in [2.45, 2.75) is 72.1 Å². The van der Waals surface area contributed by atoms with Gasteiger partial charge in [-0.05, 0) is 68.4 Å². The molecule has 0 bridgehead atoms. The van der Waals surface area contributed by atoms with E-state index >= 15 is 0 Å². The zero-order valence-corrected chi connectivity index (χ0v) is 24.0. The monoisotopic (exact) mass is 531 g/mol. The van der Waals surface area contributed by atoms with Crippen molar-refractivity contribution in [3.8, 4) is 11.3 Å². The molecular weight excluding hydrogens is 488 g/mol. The summed E-state index contributed by atoms with van der Waals surface area (Å²) in [4.78, 5) is 4.94. The number of nitrogens with one attached hydrogen (secondary N) is 2. The molecule has 2 aliphatic carbocycles. The van der Waals surface area contributed by atoms with Gasteiger partial charge >= 0.3 is 0 Å². The molecule has 1 aromatic carbocycles. The van der Waals surface area contributed by atoms with Gasteiger partial charge in [0, 0.05) is 41.8 Å². The van der Waals surface area contributed by atoms with Gasteiger partial charge in [0.25, 0.3) is 0 Å². The van der Waals surface area contributed by atoms with Crippen molar-refractivity contribution in [3.05, 3.63) is 102 Å². The number of pyridine rings is 1. The predicted molar refractivity (Wildman–Crippen MR) is 163 cm³/mol. The van der Waals surface area contributed by atoms with Gasteiger partial charge in [0.2, 0.25) is 5.92 Å². The number of nitrogens with zero attached hydrogens (tertiary/aromatic N) is 1. The molecule has 1 heterocycles. The van der Waals surface area contributed by atoms with Crippen LogP contribution in [-0.2, 0) is 0 Å². The fourth-order valence-electron chi connectivity index (χ4n) is 4.76. The fourth-order valence-corrected chi connectivity index (χ4v) is 4.76. The second-order valence-electron chi connectivity index (χ2n) is 10.4. The van der Waals surface area contributed by atoms with Crippen molar-refractivity contribution in [1.29, 1.82) is 0 Å². The van der Waals surface area contributed by atoms with Gasteiger partial charge in [-0.15, -0.1) is 0 Å². The van der Waals surface area contributed by atoms with E-state index in [-0.39, 0.29) is 18.3 Å². The van der Waals surface area contributed by atoms with Gasteiger partial charge in [0.05, 0.1) is 5.69 Å². The predicted octanol–water partition coefficient (Wildman–Crippen LogP) is 9.62. The van der Waals surface area contributed by atoms with Crippen molar-refractivity contribution in [3.63, 3.8) is 0 Å². The maximum atomic E-state index is 13.9. The van der Waals surface area contributed by atoms with Crippen LogP contribution < -0.4 is 10.6 Å². The Morgan fingerprint density at radius 2 is 1.72 bits per heavy atom. The average molecular weight is 532 g/mol. The van der Waals surface area contributed by atoms with Gasteiger partial charge in [-0.25, -0.2) is 13.8 Å². The van der Waals surface area contributed by atoms with Crippen LogP contribution in [0.2, 0.25) is 0 Å². The third kappa shape index (κ3) is 7.78. The normalized spacial score (nSPS) is 19.4. The number of hydrogen-bond acceptors (Lipinski definition) is 3. The first-order valence-corrected chi connectivity index (χ1v) is 14.0. The summed E-state index contributed by atoms with van der Waals surface area (Å²) in [5.41, 5.74) is 7.58. The van der Waals surface area contributed by atoms with E-state index in [1.165, 1.54) is 0 Å². The zero-order valence-electron chi connectivity index (χ0n) is 24.0. The van der Waals surface area contributed by atoms with Gasteiger partial charge in [0.1, 0.15) is 5.82 Å². The zero-order chi connectivity index (χ0) is 28.6. The lowest BCUT2D eigenvalue weighted by molar-refractivity contribution is -0.0141. The fraction of sp³-hybridized carbons (Fsp3) is 0.382. The second kappa shape index (κ2) is 13.1. The molecule has 0 spiro atoms. The Balaban J connectivity index is 0.00000205. The van der Waals surface area contributed by atoms with E-state index in [9.17, 15) is 8.78 Å². The van der Waals surface area contributed by atoms with Crippen LogP contribution in [0.1, 0.15) is 70.4 Å². The topological polar surface area (TPSA) is 37.0 Å². The Morgan fingerprint density at radius 1 is 1.00 bits per heavy atom. The van der Waals surface area contributed by atoms with Crippen LogP contribution in [0.3, 0.4) is 0 Å². The highest BCUT2D eigenvalue weighted by atomic mass is 19.3. The molecule has 0 amide bonds. The summed E-state index contributed by atoms with van der Waals surface area (Å²) < 4.78 is 27.9. The number of anilines is 1. The van der Waals surface area contributed by atoms with Crippen molar-refractivity contribution in [1.82, 2.24) is 10.3 Å². The highest BCUT2D eigenvalue weighted by Crippen LogP contribution is 2.57. The molecule has 0 atom stereocenters. The molecule has 3 nitrogen and oxygen atoms in total. The van der Waals surface area contributed by atoms with E-state index in [2.05, 4.69) is 48.6 Å². The number of hydrogen-bond donors (Lipinski definition) is 2. The quantitative estimate of drug-likeness (QED) is 0.316. The Hall–Kier alpha value is -3.47. The lowest BCUT2D eigenvalue weighted by Gasteiger charge is -2.22. The Labute approximate surface area is 233 Å². The van der Waals surface area contributed by atoms with E-state index in [1.807, 2.05) is 64.1 Å². The minimum atomic E-state index is -2.60. The van der Waals surface area contributed by atoms with E-state index in [4.69, 9.17) is 4.98 Å².